The number of nitrogens with two attached hydrogens (primary N) is 1. The molecule has 1 aromatic carbocycles. The van der Waals surface area contributed by atoms with Crippen molar-refractivity contribution in [2.45, 2.75) is 13.0 Å². The molecule has 0 spiro atoms. The number of nitrogens with zero attached hydrogens (tertiary/aromatic N) is 2. The number of hydrogen-bond donors (Lipinski definition) is 3. The lowest BCUT2D eigenvalue weighted by molar-refractivity contribution is 0.0934. The second-order valence-corrected chi connectivity index (χ2v) is 5.15. The topological polar surface area (TPSA) is 92.9 Å². The Kier molecular flexibility index (Phi) is 4.95. The summed E-state index contributed by atoms with van der Waals surface area (Å²) in [6, 6.07) is 7.89. The summed E-state index contributed by atoms with van der Waals surface area (Å²) in [6.45, 7) is 1.82. The predicted molar refractivity (Wildman–Crippen MR) is 82.2 cm³/mol. The Hall–Kier alpha value is -1.89. The average Bonchev–Trinajstić information content (AvgIpc) is 2.47. The molecule has 0 aliphatic carbocycles. The van der Waals surface area contributed by atoms with Gasteiger partial charge in [0, 0.05) is 10.0 Å². The maximum Gasteiger partial charge on any atom is 0.272 e. The van der Waals surface area contributed by atoms with Crippen molar-refractivity contribution in [2.24, 2.45) is 5.84 Å². The third kappa shape index (κ3) is 3.81. The molecular weight excluding hydrogens is 313 g/mol. The Balaban J connectivity index is 2.10. The quantitative estimate of drug-likeness (QED) is 0.593. The van der Waals surface area contributed by atoms with Crippen LogP contribution in [-0.4, -0.2) is 16.1 Å². The van der Waals surface area contributed by atoms with Crippen molar-refractivity contribution in [3.63, 3.8) is 0 Å². The zero-order valence-corrected chi connectivity index (χ0v) is 12.6. The molecule has 1 unspecified atom stereocenters. The van der Waals surface area contributed by atoms with E-state index >= 15 is 0 Å². The van der Waals surface area contributed by atoms with E-state index in [0.29, 0.717) is 15.9 Å². The minimum atomic E-state index is -0.357. The van der Waals surface area contributed by atoms with E-state index in [9.17, 15) is 4.79 Å². The molecule has 1 aromatic heterocycles. The minimum Gasteiger partial charge on any atom is -0.344 e. The van der Waals surface area contributed by atoms with Crippen LogP contribution in [0.15, 0.2) is 30.3 Å². The molecule has 0 aliphatic rings. The number of nitrogens with one attached hydrogen (secondary N) is 2. The molecule has 0 saturated heterocycles. The Labute approximate surface area is 131 Å². The van der Waals surface area contributed by atoms with Crippen LogP contribution in [0.3, 0.4) is 0 Å². The van der Waals surface area contributed by atoms with Crippen LogP contribution in [0.5, 0.6) is 0 Å². The first kappa shape index (κ1) is 15.5. The molecule has 4 N–H and O–H groups in total. The highest BCUT2D eigenvalue weighted by Crippen LogP contribution is 2.26. The van der Waals surface area contributed by atoms with Crippen LogP contribution in [0.2, 0.25) is 10.0 Å². The van der Waals surface area contributed by atoms with E-state index in [2.05, 4.69) is 20.9 Å². The molecular formula is C13H13Cl2N5O. The standard InChI is InChI=1S/C13H13Cl2N5O/c1-7(9-3-2-8(14)6-10(9)15)17-13(21)11-4-5-12(18-16)20-19-11/h2-7H,16H2,1H3,(H,17,21)(H,18,20). The van der Waals surface area contributed by atoms with Gasteiger partial charge in [-0.3, -0.25) is 4.79 Å². The lowest BCUT2D eigenvalue weighted by atomic mass is 10.1. The zero-order valence-electron chi connectivity index (χ0n) is 11.1. The molecule has 1 atom stereocenters. The smallest absolute Gasteiger partial charge is 0.272 e. The van der Waals surface area contributed by atoms with E-state index in [0.717, 1.165) is 5.56 Å². The second-order valence-electron chi connectivity index (χ2n) is 4.31. The maximum atomic E-state index is 12.1. The van der Waals surface area contributed by atoms with Gasteiger partial charge in [0.1, 0.15) is 0 Å². The van der Waals surface area contributed by atoms with Crippen molar-refractivity contribution in [3.8, 4) is 0 Å². The van der Waals surface area contributed by atoms with Crippen molar-refractivity contribution in [3.05, 3.63) is 51.6 Å². The first-order valence-electron chi connectivity index (χ1n) is 6.07. The summed E-state index contributed by atoms with van der Waals surface area (Å²) in [7, 11) is 0. The van der Waals surface area contributed by atoms with Gasteiger partial charge in [-0.2, -0.15) is 0 Å². The van der Waals surface area contributed by atoms with Gasteiger partial charge in [0.25, 0.3) is 5.91 Å². The predicted octanol–water partition coefficient (Wildman–Crippen LogP) is 2.56. The van der Waals surface area contributed by atoms with Gasteiger partial charge in [0.15, 0.2) is 11.5 Å². The van der Waals surface area contributed by atoms with Crippen LogP contribution >= 0.6 is 23.2 Å². The largest absolute Gasteiger partial charge is 0.344 e. The molecule has 0 aliphatic heterocycles. The number of hydrogen-bond acceptors (Lipinski definition) is 5. The van der Waals surface area contributed by atoms with Crippen LogP contribution in [-0.2, 0) is 0 Å². The normalized spacial score (nSPS) is 11.8. The van der Waals surface area contributed by atoms with Crippen molar-refractivity contribution >= 4 is 34.9 Å². The number of aromatic nitrogens is 2. The number of anilines is 1. The molecule has 0 saturated carbocycles. The molecule has 0 fully saturated rings. The summed E-state index contributed by atoms with van der Waals surface area (Å²) in [5.74, 6) is 5.20. The summed E-state index contributed by atoms with van der Waals surface area (Å²) < 4.78 is 0. The third-order valence-electron chi connectivity index (χ3n) is 2.82. The Morgan fingerprint density at radius 3 is 2.57 bits per heavy atom. The fourth-order valence-electron chi connectivity index (χ4n) is 1.73. The lowest BCUT2D eigenvalue weighted by Crippen LogP contribution is -2.28. The molecule has 1 amide bonds. The van der Waals surface area contributed by atoms with Gasteiger partial charge in [0.05, 0.1) is 6.04 Å². The van der Waals surface area contributed by atoms with Gasteiger partial charge in [-0.1, -0.05) is 29.3 Å². The van der Waals surface area contributed by atoms with Crippen LogP contribution in [0.25, 0.3) is 0 Å². The highest BCUT2D eigenvalue weighted by Gasteiger charge is 2.15. The number of halogens is 2. The third-order valence-corrected chi connectivity index (χ3v) is 3.38. The number of carbonyl (C=O) groups is 1. The first-order valence-corrected chi connectivity index (χ1v) is 6.83. The van der Waals surface area contributed by atoms with Crippen molar-refractivity contribution in [1.82, 2.24) is 15.5 Å². The molecule has 110 valence electrons. The molecule has 8 heteroatoms. The number of carbonyl (C=O) groups excluding carboxylic acids is 1. The molecule has 21 heavy (non-hydrogen) atoms. The first-order chi connectivity index (χ1) is 10.0. The fourth-order valence-corrected chi connectivity index (χ4v) is 2.30. The number of amides is 1. The van der Waals surface area contributed by atoms with Gasteiger partial charge >= 0.3 is 0 Å². The van der Waals surface area contributed by atoms with Crippen LogP contribution in [0, 0.1) is 0 Å². The van der Waals surface area contributed by atoms with Crippen molar-refractivity contribution < 1.29 is 4.79 Å². The van der Waals surface area contributed by atoms with E-state index in [1.165, 1.54) is 6.07 Å². The molecule has 6 nitrogen and oxygen atoms in total. The summed E-state index contributed by atoms with van der Waals surface area (Å²) in [4.78, 5) is 12.1. The molecule has 1 heterocycles. The highest BCUT2D eigenvalue weighted by atomic mass is 35.5. The van der Waals surface area contributed by atoms with Gasteiger partial charge in [-0.25, -0.2) is 5.84 Å². The Morgan fingerprint density at radius 2 is 2.00 bits per heavy atom. The molecule has 2 aromatic rings. The minimum absolute atomic E-state index is 0.186. The van der Waals surface area contributed by atoms with Gasteiger partial charge in [-0.15, -0.1) is 10.2 Å². The summed E-state index contributed by atoms with van der Waals surface area (Å²) in [6.07, 6.45) is 0. The van der Waals surface area contributed by atoms with Crippen molar-refractivity contribution in [2.75, 3.05) is 5.43 Å². The summed E-state index contributed by atoms with van der Waals surface area (Å²) in [5, 5.41) is 11.3. The second kappa shape index (κ2) is 6.71. The summed E-state index contributed by atoms with van der Waals surface area (Å²) >= 11 is 12.0. The average molecular weight is 326 g/mol. The van der Waals surface area contributed by atoms with Gasteiger partial charge in [0.2, 0.25) is 0 Å². The molecule has 0 bridgehead atoms. The lowest BCUT2D eigenvalue weighted by Gasteiger charge is -2.15. The van der Waals surface area contributed by atoms with Gasteiger partial charge in [-0.05, 0) is 36.8 Å². The van der Waals surface area contributed by atoms with Crippen LogP contribution in [0.4, 0.5) is 5.82 Å². The maximum absolute atomic E-state index is 12.1. The van der Waals surface area contributed by atoms with E-state index in [1.54, 1.807) is 24.3 Å². The van der Waals surface area contributed by atoms with Crippen molar-refractivity contribution in [1.29, 1.82) is 0 Å². The number of benzene rings is 1. The van der Waals surface area contributed by atoms with Gasteiger partial charge < -0.3 is 10.7 Å². The van der Waals surface area contributed by atoms with E-state index in [-0.39, 0.29) is 17.6 Å². The number of rotatable bonds is 4. The number of hydrazine groups is 1. The highest BCUT2D eigenvalue weighted by molar-refractivity contribution is 6.35. The fraction of sp³-hybridized carbons (Fsp3) is 0.154. The van der Waals surface area contributed by atoms with E-state index in [1.807, 2.05) is 6.92 Å². The van der Waals surface area contributed by atoms with E-state index < -0.39 is 0 Å². The Morgan fingerprint density at radius 1 is 1.24 bits per heavy atom. The SMILES string of the molecule is CC(NC(=O)c1ccc(NN)nn1)c1ccc(Cl)cc1Cl. The van der Waals surface area contributed by atoms with Crippen LogP contribution < -0.4 is 16.6 Å². The molecule has 2 rings (SSSR count). The zero-order chi connectivity index (χ0) is 15.4. The monoisotopic (exact) mass is 325 g/mol. The van der Waals surface area contributed by atoms with Crippen LogP contribution in [0.1, 0.15) is 29.0 Å². The Bertz CT molecular complexity index is 648. The molecule has 0 radical (unpaired) electrons. The summed E-state index contributed by atoms with van der Waals surface area (Å²) in [5.41, 5.74) is 3.29. The van der Waals surface area contributed by atoms with E-state index in [4.69, 9.17) is 29.0 Å². The number of nitrogen functional groups attached to an aromatic ring is 1.